The predicted molar refractivity (Wildman–Crippen MR) is 72.1 cm³/mol. The lowest BCUT2D eigenvalue weighted by Crippen LogP contribution is -2.38. The van der Waals surface area contributed by atoms with Gasteiger partial charge in [-0.3, -0.25) is 14.3 Å². The Labute approximate surface area is 109 Å². The standard InChI is InChI=1S/C12H18N2O3S/c1-4-13-9(2)10(3)18(17)12-8-6-5-7-11(12)14(15)16/h5-10,13H,4H2,1-3H3. The molecule has 1 rings (SSSR count). The van der Waals surface area contributed by atoms with Crippen molar-refractivity contribution >= 4 is 16.5 Å². The van der Waals surface area contributed by atoms with Crippen LogP contribution in [0.4, 0.5) is 5.69 Å². The third-order valence-electron chi connectivity index (χ3n) is 2.85. The first-order valence-electron chi connectivity index (χ1n) is 5.86. The number of nitrogens with one attached hydrogen (secondary N) is 1. The van der Waals surface area contributed by atoms with Crippen LogP contribution in [0.2, 0.25) is 0 Å². The van der Waals surface area contributed by atoms with Crippen molar-refractivity contribution in [2.45, 2.75) is 37.0 Å². The molecule has 3 unspecified atom stereocenters. The Morgan fingerprint density at radius 3 is 2.56 bits per heavy atom. The first kappa shape index (κ1) is 14.8. The van der Waals surface area contributed by atoms with Crippen LogP contribution in [0.3, 0.4) is 0 Å². The van der Waals surface area contributed by atoms with E-state index in [2.05, 4.69) is 5.32 Å². The molecular weight excluding hydrogens is 252 g/mol. The van der Waals surface area contributed by atoms with E-state index in [1.807, 2.05) is 20.8 Å². The minimum Gasteiger partial charge on any atom is -0.313 e. The third-order valence-corrected chi connectivity index (χ3v) is 4.71. The first-order chi connectivity index (χ1) is 8.49. The Morgan fingerprint density at radius 1 is 1.39 bits per heavy atom. The summed E-state index contributed by atoms with van der Waals surface area (Å²) in [6.45, 7) is 6.51. The zero-order chi connectivity index (χ0) is 13.7. The van der Waals surface area contributed by atoms with Crippen LogP contribution in [0.25, 0.3) is 0 Å². The van der Waals surface area contributed by atoms with Gasteiger partial charge in [-0.05, 0) is 26.5 Å². The Morgan fingerprint density at radius 2 is 2.00 bits per heavy atom. The molecule has 0 heterocycles. The molecule has 0 radical (unpaired) electrons. The molecule has 0 saturated heterocycles. The summed E-state index contributed by atoms with van der Waals surface area (Å²) in [7, 11) is -1.40. The van der Waals surface area contributed by atoms with Gasteiger partial charge in [-0.2, -0.15) is 0 Å². The van der Waals surface area contributed by atoms with Gasteiger partial charge >= 0.3 is 0 Å². The van der Waals surface area contributed by atoms with E-state index in [-0.39, 0.29) is 17.0 Å². The van der Waals surface area contributed by atoms with Crippen molar-refractivity contribution < 1.29 is 9.13 Å². The molecule has 0 aliphatic carbocycles. The molecule has 100 valence electrons. The fraction of sp³-hybridized carbons (Fsp3) is 0.500. The Balaban J connectivity index is 3.00. The smallest absolute Gasteiger partial charge is 0.285 e. The fourth-order valence-corrected chi connectivity index (χ4v) is 3.08. The van der Waals surface area contributed by atoms with Crippen molar-refractivity contribution in [3.63, 3.8) is 0 Å². The van der Waals surface area contributed by atoms with E-state index in [0.29, 0.717) is 4.90 Å². The molecule has 3 atom stereocenters. The van der Waals surface area contributed by atoms with Crippen LogP contribution in [-0.2, 0) is 10.8 Å². The van der Waals surface area contributed by atoms with Gasteiger partial charge in [-0.25, -0.2) is 0 Å². The molecule has 0 aliphatic heterocycles. The van der Waals surface area contributed by atoms with E-state index in [1.54, 1.807) is 18.2 Å². The average molecular weight is 270 g/mol. The second-order valence-corrected chi connectivity index (χ2v) is 5.85. The third kappa shape index (κ3) is 3.36. The van der Waals surface area contributed by atoms with Gasteiger partial charge in [0.05, 0.1) is 21.0 Å². The predicted octanol–water partition coefficient (Wildman–Crippen LogP) is 2.09. The lowest BCUT2D eigenvalue weighted by molar-refractivity contribution is -0.387. The number of hydrogen-bond donors (Lipinski definition) is 1. The maximum atomic E-state index is 12.4. The van der Waals surface area contributed by atoms with Gasteiger partial charge in [0.25, 0.3) is 5.69 Å². The summed E-state index contributed by atoms with van der Waals surface area (Å²) in [6, 6.07) is 6.24. The largest absolute Gasteiger partial charge is 0.313 e. The highest BCUT2D eigenvalue weighted by molar-refractivity contribution is 7.85. The summed E-state index contributed by atoms with van der Waals surface area (Å²) in [6.07, 6.45) is 0. The molecular formula is C12H18N2O3S. The van der Waals surface area contributed by atoms with Gasteiger partial charge in [0.1, 0.15) is 4.90 Å². The highest BCUT2D eigenvalue weighted by Crippen LogP contribution is 2.24. The molecule has 0 spiro atoms. The zero-order valence-electron chi connectivity index (χ0n) is 10.8. The highest BCUT2D eigenvalue weighted by Gasteiger charge is 2.25. The van der Waals surface area contributed by atoms with Crippen LogP contribution >= 0.6 is 0 Å². The summed E-state index contributed by atoms with van der Waals surface area (Å²) in [4.78, 5) is 10.7. The van der Waals surface area contributed by atoms with Crippen LogP contribution in [0.5, 0.6) is 0 Å². The fourth-order valence-electron chi connectivity index (χ4n) is 1.65. The summed E-state index contributed by atoms with van der Waals surface area (Å²) in [5.74, 6) is 0. The van der Waals surface area contributed by atoms with Crippen molar-refractivity contribution in [2.24, 2.45) is 0 Å². The number of benzene rings is 1. The van der Waals surface area contributed by atoms with Crippen molar-refractivity contribution in [2.75, 3.05) is 6.54 Å². The van der Waals surface area contributed by atoms with E-state index < -0.39 is 15.7 Å². The topological polar surface area (TPSA) is 72.2 Å². The molecule has 0 aromatic heterocycles. The molecule has 0 aliphatic rings. The first-order valence-corrected chi connectivity index (χ1v) is 7.07. The zero-order valence-corrected chi connectivity index (χ0v) is 11.6. The van der Waals surface area contributed by atoms with Crippen LogP contribution in [-0.4, -0.2) is 27.0 Å². The van der Waals surface area contributed by atoms with E-state index in [1.165, 1.54) is 6.07 Å². The summed E-state index contributed by atoms with van der Waals surface area (Å²) in [5, 5.41) is 13.9. The van der Waals surface area contributed by atoms with E-state index in [4.69, 9.17) is 0 Å². The molecule has 18 heavy (non-hydrogen) atoms. The molecule has 0 bridgehead atoms. The summed E-state index contributed by atoms with van der Waals surface area (Å²) >= 11 is 0. The lowest BCUT2D eigenvalue weighted by Gasteiger charge is -2.19. The highest BCUT2D eigenvalue weighted by atomic mass is 32.2. The van der Waals surface area contributed by atoms with Crippen molar-refractivity contribution in [3.8, 4) is 0 Å². The quantitative estimate of drug-likeness (QED) is 0.634. The van der Waals surface area contributed by atoms with Gasteiger partial charge < -0.3 is 5.32 Å². The minimum absolute atomic E-state index is 0.0376. The molecule has 1 aromatic carbocycles. The number of hydrogen-bond acceptors (Lipinski definition) is 4. The second kappa shape index (κ2) is 6.61. The van der Waals surface area contributed by atoms with E-state index >= 15 is 0 Å². The molecule has 1 N–H and O–H groups in total. The van der Waals surface area contributed by atoms with Gasteiger partial charge in [0.15, 0.2) is 0 Å². The number of nitrogens with zero attached hydrogens (tertiary/aromatic N) is 1. The van der Waals surface area contributed by atoms with Gasteiger partial charge in [0, 0.05) is 12.1 Å². The molecule has 5 nitrogen and oxygen atoms in total. The minimum atomic E-state index is -1.40. The molecule has 1 aromatic rings. The monoisotopic (exact) mass is 270 g/mol. The van der Waals surface area contributed by atoms with Crippen molar-refractivity contribution in [1.82, 2.24) is 5.32 Å². The summed E-state index contributed by atoms with van der Waals surface area (Å²) in [5.41, 5.74) is -0.0774. The Hall–Kier alpha value is -1.27. The van der Waals surface area contributed by atoms with Crippen LogP contribution < -0.4 is 5.32 Å². The maximum absolute atomic E-state index is 12.4. The van der Waals surface area contributed by atoms with E-state index in [9.17, 15) is 14.3 Å². The SMILES string of the molecule is CCNC(C)C(C)S(=O)c1ccccc1[N+](=O)[O-]. The lowest BCUT2D eigenvalue weighted by atomic mass is 10.2. The number of rotatable bonds is 6. The summed E-state index contributed by atoms with van der Waals surface area (Å²) < 4.78 is 12.4. The molecule has 0 fully saturated rings. The molecule has 6 heteroatoms. The van der Waals surface area contributed by atoms with E-state index in [0.717, 1.165) is 6.54 Å². The molecule has 0 saturated carbocycles. The normalized spacial score (nSPS) is 15.9. The van der Waals surface area contributed by atoms with Gasteiger partial charge in [-0.15, -0.1) is 0 Å². The van der Waals surface area contributed by atoms with Gasteiger partial charge in [0.2, 0.25) is 0 Å². The Kier molecular flexibility index (Phi) is 5.43. The van der Waals surface area contributed by atoms with Crippen LogP contribution in [0.1, 0.15) is 20.8 Å². The number of nitro benzene ring substituents is 1. The Bertz CT molecular complexity index is 451. The van der Waals surface area contributed by atoms with Crippen LogP contribution in [0, 0.1) is 10.1 Å². The maximum Gasteiger partial charge on any atom is 0.285 e. The van der Waals surface area contributed by atoms with Crippen molar-refractivity contribution in [1.29, 1.82) is 0 Å². The van der Waals surface area contributed by atoms with Crippen molar-refractivity contribution in [3.05, 3.63) is 34.4 Å². The second-order valence-electron chi connectivity index (χ2n) is 4.07. The number of nitro groups is 1. The van der Waals surface area contributed by atoms with Gasteiger partial charge in [-0.1, -0.05) is 19.1 Å². The average Bonchev–Trinajstić information content (AvgIpc) is 2.37. The number of para-hydroxylation sites is 1. The molecule has 0 amide bonds. The van der Waals surface area contributed by atoms with Crippen LogP contribution in [0.15, 0.2) is 29.2 Å².